The Morgan fingerprint density at radius 1 is 0.939 bits per heavy atom. The second-order valence-electron chi connectivity index (χ2n) is 8.44. The van der Waals surface area contributed by atoms with E-state index in [1.165, 1.54) is 22.5 Å². The third-order valence-electron chi connectivity index (χ3n) is 6.37. The molecular weight excluding hydrogens is 444 g/mol. The average Bonchev–Trinajstić information content (AvgIpc) is 3.16. The molecule has 0 spiro atoms. The second kappa shape index (κ2) is 7.98. The molecule has 9 nitrogen and oxygen atoms in total. The van der Waals surface area contributed by atoms with Crippen molar-refractivity contribution in [2.45, 2.75) is 25.3 Å². The third-order valence-corrected chi connectivity index (χ3v) is 8.26. The number of hydrogen-bond donors (Lipinski definition) is 2. The van der Waals surface area contributed by atoms with E-state index in [0.717, 1.165) is 22.1 Å². The Morgan fingerprint density at radius 2 is 1.67 bits per heavy atom. The average molecular weight is 469 g/mol. The minimum absolute atomic E-state index is 0.149. The summed E-state index contributed by atoms with van der Waals surface area (Å²) in [4.78, 5) is 31.1. The topological polar surface area (TPSA) is 119 Å². The molecule has 4 aromatic rings. The summed E-state index contributed by atoms with van der Waals surface area (Å²) in [6.07, 6.45) is 0. The van der Waals surface area contributed by atoms with Crippen LogP contribution in [-0.4, -0.2) is 53.8 Å². The first kappa shape index (κ1) is 21.6. The summed E-state index contributed by atoms with van der Waals surface area (Å²) in [6.45, 7) is 6.20. The van der Waals surface area contributed by atoms with Crippen molar-refractivity contribution in [3.8, 4) is 0 Å². The number of nitrogens with zero attached hydrogens (tertiary/aromatic N) is 2. The van der Waals surface area contributed by atoms with Crippen molar-refractivity contribution in [2.24, 2.45) is 0 Å². The molecule has 0 atom stereocenters. The number of H-pyrrole nitrogens is 2. The molecule has 2 aromatic carbocycles. The fourth-order valence-corrected chi connectivity index (χ4v) is 5.79. The zero-order chi connectivity index (χ0) is 23.3. The zero-order valence-electron chi connectivity index (χ0n) is 18.3. The molecule has 33 heavy (non-hydrogen) atoms. The van der Waals surface area contributed by atoms with Gasteiger partial charge in [0.05, 0.1) is 15.9 Å². The van der Waals surface area contributed by atoms with Crippen molar-refractivity contribution in [1.82, 2.24) is 19.2 Å². The molecule has 0 bridgehead atoms. The molecule has 0 amide bonds. The van der Waals surface area contributed by atoms with Crippen molar-refractivity contribution in [3.05, 3.63) is 74.0 Å². The van der Waals surface area contributed by atoms with Crippen LogP contribution in [0.3, 0.4) is 0 Å². The minimum Gasteiger partial charge on any atom is -0.422 e. The van der Waals surface area contributed by atoms with Crippen LogP contribution in [0.25, 0.3) is 22.0 Å². The highest BCUT2D eigenvalue weighted by Crippen LogP contribution is 2.25. The maximum Gasteiger partial charge on any atom is 0.336 e. The summed E-state index contributed by atoms with van der Waals surface area (Å²) < 4.78 is 33.2. The molecule has 0 unspecified atom stereocenters. The molecular formula is C23H24N4O5S. The lowest BCUT2D eigenvalue weighted by Gasteiger charge is -2.34. The lowest BCUT2D eigenvalue weighted by atomic mass is 10.0. The molecule has 1 fully saturated rings. The molecule has 3 heterocycles. The highest BCUT2D eigenvalue weighted by molar-refractivity contribution is 7.89. The molecule has 1 aliphatic heterocycles. The van der Waals surface area contributed by atoms with Gasteiger partial charge in [-0.1, -0.05) is 12.1 Å². The van der Waals surface area contributed by atoms with Crippen molar-refractivity contribution in [1.29, 1.82) is 0 Å². The Bertz CT molecular complexity index is 1590. The summed E-state index contributed by atoms with van der Waals surface area (Å²) in [6, 6.07) is 10.1. The highest BCUT2D eigenvalue weighted by atomic mass is 32.2. The minimum atomic E-state index is -3.69. The second-order valence-corrected chi connectivity index (χ2v) is 10.4. The maximum atomic E-state index is 13.1. The van der Waals surface area contributed by atoms with Gasteiger partial charge in [-0.3, -0.25) is 4.90 Å². The van der Waals surface area contributed by atoms with Crippen LogP contribution >= 0.6 is 0 Å². The van der Waals surface area contributed by atoms with E-state index < -0.39 is 10.0 Å². The largest absolute Gasteiger partial charge is 0.422 e. The van der Waals surface area contributed by atoms with Crippen LogP contribution in [-0.2, 0) is 16.6 Å². The summed E-state index contributed by atoms with van der Waals surface area (Å²) in [5.41, 5.74) is 3.76. The summed E-state index contributed by atoms with van der Waals surface area (Å²) in [7, 11) is -3.69. The van der Waals surface area contributed by atoms with Gasteiger partial charge in [0.15, 0.2) is 0 Å². The number of fused-ring (bicyclic) bond motifs is 2. The van der Waals surface area contributed by atoms with Gasteiger partial charge in [-0.15, -0.1) is 0 Å². The number of sulfonamides is 1. The predicted octanol–water partition coefficient (Wildman–Crippen LogP) is 2.09. The fourth-order valence-electron chi connectivity index (χ4n) is 4.35. The highest BCUT2D eigenvalue weighted by Gasteiger charge is 2.29. The molecule has 10 heteroatoms. The van der Waals surface area contributed by atoms with Crippen LogP contribution in [0, 0.1) is 13.8 Å². The van der Waals surface area contributed by atoms with Gasteiger partial charge in [-0.2, -0.15) is 4.31 Å². The van der Waals surface area contributed by atoms with Crippen LogP contribution in [0.1, 0.15) is 16.7 Å². The fraction of sp³-hybridized carbons (Fsp3) is 0.304. The molecule has 5 rings (SSSR count). The normalized spacial score (nSPS) is 16.1. The van der Waals surface area contributed by atoms with Crippen LogP contribution in [0.15, 0.2) is 55.3 Å². The summed E-state index contributed by atoms with van der Waals surface area (Å²) in [5.74, 6) is 0. The van der Waals surface area contributed by atoms with E-state index in [4.69, 9.17) is 4.42 Å². The quantitative estimate of drug-likeness (QED) is 0.443. The number of benzene rings is 2. The zero-order valence-corrected chi connectivity index (χ0v) is 19.2. The van der Waals surface area contributed by atoms with Crippen molar-refractivity contribution in [2.75, 3.05) is 26.2 Å². The number of hydrogen-bond acceptors (Lipinski definition) is 6. The van der Waals surface area contributed by atoms with Gasteiger partial charge < -0.3 is 14.4 Å². The Balaban J connectivity index is 1.34. The summed E-state index contributed by atoms with van der Waals surface area (Å²) in [5, 5.41) is 0.904. The first-order valence-electron chi connectivity index (χ1n) is 10.7. The number of nitrogens with one attached hydrogen (secondary N) is 2. The Hall–Kier alpha value is -3.21. The van der Waals surface area contributed by atoms with Gasteiger partial charge in [0.2, 0.25) is 10.0 Å². The first-order chi connectivity index (χ1) is 15.7. The van der Waals surface area contributed by atoms with E-state index in [1.807, 2.05) is 26.0 Å². The molecule has 1 aliphatic rings. The van der Waals surface area contributed by atoms with Gasteiger partial charge in [0.1, 0.15) is 5.58 Å². The molecule has 1 saturated heterocycles. The number of rotatable bonds is 4. The molecule has 172 valence electrons. The van der Waals surface area contributed by atoms with E-state index in [0.29, 0.717) is 49.3 Å². The van der Waals surface area contributed by atoms with Gasteiger partial charge in [0.25, 0.3) is 0 Å². The van der Waals surface area contributed by atoms with Crippen LogP contribution in [0.2, 0.25) is 0 Å². The Labute approximate surface area is 189 Å². The first-order valence-corrected chi connectivity index (χ1v) is 12.1. The number of aromatic amines is 2. The van der Waals surface area contributed by atoms with Gasteiger partial charge >= 0.3 is 11.3 Å². The molecule has 2 aromatic heterocycles. The third kappa shape index (κ3) is 3.90. The number of aromatic nitrogens is 2. The molecule has 0 radical (unpaired) electrons. The molecule has 2 N–H and O–H groups in total. The number of piperazine rings is 1. The van der Waals surface area contributed by atoms with Crippen molar-refractivity contribution >= 4 is 32.0 Å². The Kier molecular flexibility index (Phi) is 5.23. The SMILES string of the molecule is Cc1ccc2c(CN3CCN(S(=O)(=O)c4ccc5[nH]c(=O)[nH]c5c4)CC3)cc(=O)oc2c1C. The summed E-state index contributed by atoms with van der Waals surface area (Å²) >= 11 is 0. The van der Waals surface area contributed by atoms with E-state index in [2.05, 4.69) is 14.9 Å². The molecule has 0 aliphatic carbocycles. The standard InChI is InChI=1S/C23H24N4O5S/c1-14-3-5-18-16(11-21(28)32-22(18)15(14)2)13-26-7-9-27(10-8-26)33(30,31)17-4-6-19-20(12-17)25-23(29)24-19/h3-6,11-12H,7-10,13H2,1-2H3,(H2,24,25,29). The van der Waals surface area contributed by atoms with Crippen LogP contribution in [0.4, 0.5) is 0 Å². The van der Waals surface area contributed by atoms with E-state index in [9.17, 15) is 18.0 Å². The van der Waals surface area contributed by atoms with E-state index in [1.54, 1.807) is 6.07 Å². The van der Waals surface area contributed by atoms with Crippen LogP contribution < -0.4 is 11.3 Å². The smallest absolute Gasteiger partial charge is 0.336 e. The van der Waals surface area contributed by atoms with E-state index in [-0.39, 0.29) is 16.2 Å². The Morgan fingerprint density at radius 3 is 2.42 bits per heavy atom. The van der Waals surface area contributed by atoms with Crippen molar-refractivity contribution in [3.63, 3.8) is 0 Å². The monoisotopic (exact) mass is 468 g/mol. The lowest BCUT2D eigenvalue weighted by molar-refractivity contribution is 0.182. The van der Waals surface area contributed by atoms with E-state index >= 15 is 0 Å². The number of aryl methyl sites for hydroxylation is 2. The predicted molar refractivity (Wildman–Crippen MR) is 125 cm³/mol. The van der Waals surface area contributed by atoms with Crippen LogP contribution in [0.5, 0.6) is 0 Å². The van der Waals surface area contributed by atoms with Gasteiger partial charge in [-0.05, 0) is 48.7 Å². The molecule has 0 saturated carbocycles. The number of imidazole rings is 1. The van der Waals surface area contributed by atoms with Gasteiger partial charge in [0, 0.05) is 44.2 Å². The lowest BCUT2D eigenvalue weighted by Crippen LogP contribution is -2.48. The van der Waals surface area contributed by atoms with Gasteiger partial charge in [-0.25, -0.2) is 18.0 Å². The van der Waals surface area contributed by atoms with Crippen molar-refractivity contribution < 1.29 is 12.8 Å². The maximum absolute atomic E-state index is 13.1.